The summed E-state index contributed by atoms with van der Waals surface area (Å²) in [7, 11) is 0. The standard InChI is InChI=1S/C17H13N5O2/c18-15-12-8-4-5-9-13(12)19-14(20-15)10-22-16(21-24-17(22)23)11-6-2-1-3-7-11/h1-9H,10H2,(H2,18,19,20). The number of nitrogens with two attached hydrogens (primary N) is 1. The highest BCUT2D eigenvalue weighted by Crippen LogP contribution is 2.19. The second-order valence-electron chi connectivity index (χ2n) is 5.27. The van der Waals surface area contributed by atoms with Gasteiger partial charge in [-0.2, -0.15) is 0 Å². The van der Waals surface area contributed by atoms with Gasteiger partial charge in [-0.1, -0.05) is 47.6 Å². The molecule has 0 saturated carbocycles. The second kappa shape index (κ2) is 5.62. The topological polar surface area (TPSA) is 99.8 Å². The van der Waals surface area contributed by atoms with Crippen molar-refractivity contribution in [3.05, 3.63) is 71.0 Å². The normalized spacial score (nSPS) is 11.0. The largest absolute Gasteiger partial charge is 0.442 e. The van der Waals surface area contributed by atoms with E-state index in [4.69, 9.17) is 10.3 Å². The lowest BCUT2D eigenvalue weighted by Gasteiger charge is -2.06. The molecule has 4 rings (SSSR count). The molecule has 0 aliphatic rings. The van der Waals surface area contributed by atoms with Gasteiger partial charge in [0.25, 0.3) is 0 Å². The van der Waals surface area contributed by atoms with Gasteiger partial charge in [-0.3, -0.25) is 4.52 Å². The molecule has 7 nitrogen and oxygen atoms in total. The monoisotopic (exact) mass is 319 g/mol. The third kappa shape index (κ3) is 2.41. The highest BCUT2D eigenvalue weighted by atomic mass is 16.5. The van der Waals surface area contributed by atoms with E-state index < -0.39 is 5.76 Å². The number of aromatic nitrogens is 4. The van der Waals surface area contributed by atoms with E-state index in [2.05, 4.69) is 15.1 Å². The molecule has 0 atom stereocenters. The van der Waals surface area contributed by atoms with E-state index >= 15 is 0 Å². The van der Waals surface area contributed by atoms with Crippen molar-refractivity contribution < 1.29 is 4.52 Å². The first-order chi connectivity index (χ1) is 11.7. The Bertz CT molecular complexity index is 1070. The predicted molar refractivity (Wildman–Crippen MR) is 89.3 cm³/mol. The fourth-order valence-electron chi connectivity index (χ4n) is 2.57. The minimum Gasteiger partial charge on any atom is -0.383 e. The molecule has 0 radical (unpaired) electrons. The first kappa shape index (κ1) is 14.1. The summed E-state index contributed by atoms with van der Waals surface area (Å²) in [5.74, 6) is 0.662. The van der Waals surface area contributed by atoms with Crippen LogP contribution < -0.4 is 11.5 Å². The maximum atomic E-state index is 12.0. The van der Waals surface area contributed by atoms with Crippen LogP contribution in [-0.2, 0) is 6.54 Å². The van der Waals surface area contributed by atoms with Crippen LogP contribution in [0.25, 0.3) is 22.3 Å². The molecule has 0 fully saturated rings. The van der Waals surface area contributed by atoms with E-state index in [1.807, 2.05) is 54.6 Å². The lowest BCUT2D eigenvalue weighted by Crippen LogP contribution is -2.18. The molecule has 4 aromatic rings. The van der Waals surface area contributed by atoms with Gasteiger partial charge in [0.05, 0.1) is 12.1 Å². The first-order valence-electron chi connectivity index (χ1n) is 7.35. The molecule has 0 aliphatic heterocycles. The molecule has 0 aliphatic carbocycles. The van der Waals surface area contributed by atoms with Crippen LogP contribution >= 0.6 is 0 Å². The van der Waals surface area contributed by atoms with Crippen LogP contribution in [0.15, 0.2) is 63.9 Å². The summed E-state index contributed by atoms with van der Waals surface area (Å²) in [6, 6.07) is 16.8. The summed E-state index contributed by atoms with van der Waals surface area (Å²) in [6.07, 6.45) is 0. The summed E-state index contributed by atoms with van der Waals surface area (Å²) < 4.78 is 6.20. The van der Waals surface area contributed by atoms with Crippen LogP contribution in [0.5, 0.6) is 0 Å². The summed E-state index contributed by atoms with van der Waals surface area (Å²) in [5, 5.41) is 4.64. The average Bonchev–Trinajstić information content (AvgIpc) is 2.96. The highest BCUT2D eigenvalue weighted by Gasteiger charge is 2.15. The van der Waals surface area contributed by atoms with Gasteiger partial charge in [0.2, 0.25) is 0 Å². The molecule has 0 saturated heterocycles. The summed E-state index contributed by atoms with van der Waals surface area (Å²) in [6.45, 7) is 0.127. The summed E-state index contributed by atoms with van der Waals surface area (Å²) in [4.78, 5) is 20.8. The van der Waals surface area contributed by atoms with Gasteiger partial charge in [0.15, 0.2) is 11.6 Å². The fraction of sp³-hybridized carbons (Fsp3) is 0.0588. The van der Waals surface area contributed by atoms with Gasteiger partial charge >= 0.3 is 5.76 Å². The smallest absolute Gasteiger partial charge is 0.383 e. The molecule has 0 unspecified atom stereocenters. The molecule has 0 bridgehead atoms. The number of fused-ring (bicyclic) bond motifs is 1. The molecular formula is C17H13N5O2. The van der Waals surface area contributed by atoms with Crippen molar-refractivity contribution in [3.8, 4) is 11.4 Å². The molecule has 0 amide bonds. The number of benzene rings is 2. The molecule has 7 heteroatoms. The number of nitrogens with zero attached hydrogens (tertiary/aromatic N) is 4. The molecule has 0 spiro atoms. The molecule has 2 N–H and O–H groups in total. The van der Waals surface area contributed by atoms with Crippen LogP contribution in [-0.4, -0.2) is 19.7 Å². The highest BCUT2D eigenvalue weighted by molar-refractivity contribution is 5.87. The third-order valence-electron chi connectivity index (χ3n) is 3.70. The van der Waals surface area contributed by atoms with E-state index in [1.54, 1.807) is 0 Å². The minimum atomic E-state index is -0.566. The maximum Gasteiger partial charge on any atom is 0.442 e. The summed E-state index contributed by atoms with van der Waals surface area (Å²) >= 11 is 0. The maximum absolute atomic E-state index is 12.0. The van der Waals surface area contributed by atoms with Crippen molar-refractivity contribution in [2.45, 2.75) is 6.54 Å². The Labute approximate surface area is 136 Å². The number of nitrogen functional groups attached to an aromatic ring is 1. The minimum absolute atomic E-state index is 0.127. The van der Waals surface area contributed by atoms with Gasteiger partial charge in [-0.05, 0) is 12.1 Å². The van der Waals surface area contributed by atoms with Crippen LogP contribution in [0.1, 0.15) is 5.82 Å². The molecule has 118 valence electrons. The Hall–Kier alpha value is -3.48. The molecule has 24 heavy (non-hydrogen) atoms. The Morgan fingerprint density at radius 2 is 1.75 bits per heavy atom. The Kier molecular flexibility index (Phi) is 3.31. The molecule has 2 aromatic heterocycles. The Morgan fingerprint density at radius 3 is 2.58 bits per heavy atom. The van der Waals surface area contributed by atoms with Crippen molar-refractivity contribution in [3.63, 3.8) is 0 Å². The zero-order valence-corrected chi connectivity index (χ0v) is 12.6. The van der Waals surface area contributed by atoms with Crippen LogP contribution in [0, 0.1) is 0 Å². The fourth-order valence-corrected chi connectivity index (χ4v) is 2.57. The first-order valence-corrected chi connectivity index (χ1v) is 7.35. The van der Waals surface area contributed by atoms with E-state index in [0.29, 0.717) is 17.5 Å². The Morgan fingerprint density at radius 1 is 1.00 bits per heavy atom. The van der Waals surface area contributed by atoms with E-state index in [1.165, 1.54) is 4.57 Å². The lowest BCUT2D eigenvalue weighted by molar-refractivity contribution is 0.377. The van der Waals surface area contributed by atoms with Gasteiger partial charge in [0.1, 0.15) is 5.82 Å². The van der Waals surface area contributed by atoms with Crippen LogP contribution in [0.2, 0.25) is 0 Å². The van der Waals surface area contributed by atoms with Crippen LogP contribution in [0.4, 0.5) is 5.82 Å². The molecule has 2 heterocycles. The van der Waals surface area contributed by atoms with Crippen molar-refractivity contribution in [1.29, 1.82) is 0 Å². The quantitative estimate of drug-likeness (QED) is 0.620. The number of anilines is 1. The van der Waals surface area contributed by atoms with Crippen molar-refractivity contribution in [1.82, 2.24) is 19.7 Å². The van der Waals surface area contributed by atoms with E-state index in [0.717, 1.165) is 16.5 Å². The van der Waals surface area contributed by atoms with Crippen molar-refractivity contribution in [2.75, 3.05) is 5.73 Å². The average molecular weight is 319 g/mol. The van der Waals surface area contributed by atoms with E-state index in [9.17, 15) is 4.79 Å². The molecule has 2 aromatic carbocycles. The van der Waals surface area contributed by atoms with Crippen LogP contribution in [0.3, 0.4) is 0 Å². The van der Waals surface area contributed by atoms with Gasteiger partial charge in [-0.15, -0.1) is 0 Å². The second-order valence-corrected chi connectivity index (χ2v) is 5.27. The van der Waals surface area contributed by atoms with E-state index in [-0.39, 0.29) is 6.54 Å². The van der Waals surface area contributed by atoms with Crippen molar-refractivity contribution >= 4 is 16.7 Å². The zero-order valence-electron chi connectivity index (χ0n) is 12.6. The zero-order chi connectivity index (χ0) is 16.5. The number of hydrogen-bond donors (Lipinski definition) is 1. The SMILES string of the molecule is Nc1nc(Cn2c(-c3ccccc3)noc2=O)nc2ccccc12. The number of hydrogen-bond acceptors (Lipinski definition) is 6. The van der Waals surface area contributed by atoms with Crippen molar-refractivity contribution in [2.24, 2.45) is 0 Å². The van der Waals surface area contributed by atoms with Gasteiger partial charge < -0.3 is 5.73 Å². The predicted octanol–water partition coefficient (Wildman–Crippen LogP) is 2.08. The number of para-hydroxylation sites is 1. The number of rotatable bonds is 3. The molecular weight excluding hydrogens is 306 g/mol. The summed E-state index contributed by atoms with van der Waals surface area (Å²) in [5.41, 5.74) is 7.50. The van der Waals surface area contributed by atoms with Gasteiger partial charge in [0, 0.05) is 10.9 Å². The van der Waals surface area contributed by atoms with Gasteiger partial charge in [-0.25, -0.2) is 19.3 Å². The lowest BCUT2D eigenvalue weighted by atomic mass is 10.2. The Balaban J connectivity index is 1.79. The third-order valence-corrected chi connectivity index (χ3v) is 3.70.